The highest BCUT2D eigenvalue weighted by atomic mass is 16.5. The number of aryl methyl sites for hydroxylation is 1. The third kappa shape index (κ3) is 3.54. The number of aliphatic hydroxyl groups excluding tert-OH is 1. The van der Waals surface area contributed by atoms with E-state index in [0.717, 1.165) is 25.1 Å². The van der Waals surface area contributed by atoms with Gasteiger partial charge < -0.3 is 9.63 Å². The van der Waals surface area contributed by atoms with Crippen molar-refractivity contribution < 1.29 is 14.4 Å². The molecule has 0 bridgehead atoms. The van der Waals surface area contributed by atoms with Gasteiger partial charge >= 0.3 is 0 Å². The van der Waals surface area contributed by atoms with Crippen molar-refractivity contribution in [1.29, 1.82) is 0 Å². The minimum Gasteiger partial charge on any atom is -0.393 e. The Hall–Kier alpha value is -1.40. The van der Waals surface area contributed by atoms with Crippen LogP contribution in [0.3, 0.4) is 0 Å². The topological polar surface area (TPSA) is 78.6 Å². The first-order chi connectivity index (χ1) is 8.52. The van der Waals surface area contributed by atoms with E-state index in [1.807, 2.05) is 11.9 Å². The van der Waals surface area contributed by atoms with Gasteiger partial charge in [0.1, 0.15) is 0 Å². The Morgan fingerprint density at radius 1 is 1.67 bits per heavy atom. The summed E-state index contributed by atoms with van der Waals surface area (Å²) >= 11 is 0. The molecule has 1 aliphatic carbocycles. The van der Waals surface area contributed by atoms with E-state index >= 15 is 0 Å². The van der Waals surface area contributed by atoms with Crippen LogP contribution in [0.4, 0.5) is 5.88 Å². The maximum absolute atomic E-state index is 11.7. The van der Waals surface area contributed by atoms with Crippen LogP contribution in [-0.2, 0) is 4.79 Å². The van der Waals surface area contributed by atoms with Crippen molar-refractivity contribution in [3.8, 4) is 0 Å². The van der Waals surface area contributed by atoms with Crippen molar-refractivity contribution in [1.82, 2.24) is 10.1 Å². The number of aromatic nitrogens is 1. The number of anilines is 1. The number of nitrogens with zero attached hydrogens (tertiary/aromatic N) is 2. The number of amides is 1. The van der Waals surface area contributed by atoms with E-state index in [1.54, 1.807) is 13.0 Å². The van der Waals surface area contributed by atoms with Gasteiger partial charge in [-0.15, -0.1) is 0 Å². The number of aliphatic hydroxyl groups is 1. The fraction of sp³-hybridized carbons (Fsp3) is 0.667. The lowest BCUT2D eigenvalue weighted by atomic mass is 9.82. The smallest absolute Gasteiger partial charge is 0.240 e. The Labute approximate surface area is 106 Å². The number of hydrogen-bond acceptors (Lipinski definition) is 5. The molecule has 1 aliphatic rings. The lowest BCUT2D eigenvalue weighted by Gasteiger charge is -2.34. The van der Waals surface area contributed by atoms with Gasteiger partial charge in [0.15, 0.2) is 0 Å². The van der Waals surface area contributed by atoms with Gasteiger partial charge in [0, 0.05) is 12.6 Å². The molecule has 1 amide bonds. The molecule has 1 saturated carbocycles. The van der Waals surface area contributed by atoms with Gasteiger partial charge in [0.2, 0.25) is 11.8 Å². The lowest BCUT2D eigenvalue weighted by Crippen LogP contribution is -2.39. The van der Waals surface area contributed by atoms with E-state index in [-0.39, 0.29) is 12.0 Å². The summed E-state index contributed by atoms with van der Waals surface area (Å²) in [5.74, 6) is 0.767. The second-order valence-corrected chi connectivity index (χ2v) is 5.07. The van der Waals surface area contributed by atoms with Gasteiger partial charge in [-0.3, -0.25) is 15.0 Å². The third-order valence-electron chi connectivity index (χ3n) is 3.08. The summed E-state index contributed by atoms with van der Waals surface area (Å²) in [6, 6.07) is 1.68. The molecule has 1 aromatic heterocycles. The first-order valence-electron chi connectivity index (χ1n) is 6.12. The van der Waals surface area contributed by atoms with Crippen molar-refractivity contribution in [3.05, 3.63) is 11.8 Å². The summed E-state index contributed by atoms with van der Waals surface area (Å²) in [6.07, 6.45) is 1.54. The summed E-state index contributed by atoms with van der Waals surface area (Å²) in [5.41, 5.74) is 0.738. The van der Waals surface area contributed by atoms with Crippen LogP contribution in [-0.4, -0.2) is 47.3 Å². The van der Waals surface area contributed by atoms with Gasteiger partial charge in [-0.25, -0.2) is 0 Å². The lowest BCUT2D eigenvalue weighted by molar-refractivity contribution is -0.117. The normalized spacial score (nSPS) is 22.9. The number of nitrogens with one attached hydrogen (secondary N) is 1. The Balaban J connectivity index is 1.70. The van der Waals surface area contributed by atoms with Crippen molar-refractivity contribution in [2.24, 2.45) is 5.92 Å². The molecule has 0 radical (unpaired) electrons. The first kappa shape index (κ1) is 13.0. The maximum atomic E-state index is 11.7. The van der Waals surface area contributed by atoms with Crippen LogP contribution in [0.15, 0.2) is 10.6 Å². The van der Waals surface area contributed by atoms with Crippen molar-refractivity contribution in [3.63, 3.8) is 0 Å². The molecule has 6 nitrogen and oxygen atoms in total. The molecular weight excluding hydrogens is 234 g/mol. The fourth-order valence-corrected chi connectivity index (χ4v) is 2.20. The monoisotopic (exact) mass is 253 g/mol. The highest BCUT2D eigenvalue weighted by Gasteiger charge is 2.28. The van der Waals surface area contributed by atoms with E-state index in [4.69, 9.17) is 4.52 Å². The molecule has 0 spiro atoms. The van der Waals surface area contributed by atoms with Crippen molar-refractivity contribution in [2.75, 3.05) is 25.5 Å². The Morgan fingerprint density at radius 3 is 2.94 bits per heavy atom. The molecule has 6 heteroatoms. The molecule has 0 aromatic carbocycles. The number of hydrogen-bond donors (Lipinski definition) is 2. The van der Waals surface area contributed by atoms with Gasteiger partial charge in [-0.1, -0.05) is 5.16 Å². The maximum Gasteiger partial charge on any atom is 0.240 e. The second kappa shape index (κ2) is 5.49. The van der Waals surface area contributed by atoms with Gasteiger partial charge in [0.05, 0.1) is 18.3 Å². The predicted molar refractivity (Wildman–Crippen MR) is 66.1 cm³/mol. The van der Waals surface area contributed by atoms with Crippen LogP contribution >= 0.6 is 0 Å². The van der Waals surface area contributed by atoms with E-state index in [1.165, 1.54) is 0 Å². The molecule has 1 aromatic rings. The van der Waals surface area contributed by atoms with Crippen LogP contribution in [0.1, 0.15) is 18.5 Å². The zero-order valence-electron chi connectivity index (χ0n) is 10.7. The molecule has 0 atom stereocenters. The zero-order valence-corrected chi connectivity index (χ0v) is 10.7. The number of carbonyl (C=O) groups excluding carboxylic acids is 1. The van der Waals surface area contributed by atoms with Crippen molar-refractivity contribution >= 4 is 11.8 Å². The number of carbonyl (C=O) groups is 1. The van der Waals surface area contributed by atoms with Crippen LogP contribution < -0.4 is 5.32 Å². The van der Waals surface area contributed by atoms with E-state index < -0.39 is 0 Å². The average molecular weight is 253 g/mol. The minimum absolute atomic E-state index is 0.117. The number of likely N-dealkylation sites (N-methyl/N-ethyl adjacent to an activating group) is 1. The highest BCUT2D eigenvalue weighted by molar-refractivity contribution is 5.90. The SMILES string of the molecule is Cc1cc(NC(=O)CN(C)CC2CC(O)C2)on1. The van der Waals surface area contributed by atoms with Crippen LogP contribution in [0, 0.1) is 12.8 Å². The van der Waals surface area contributed by atoms with Gasteiger partial charge in [-0.2, -0.15) is 0 Å². The van der Waals surface area contributed by atoms with Crippen LogP contribution in [0.5, 0.6) is 0 Å². The Bertz CT molecular complexity index is 412. The third-order valence-corrected chi connectivity index (χ3v) is 3.08. The molecule has 0 saturated heterocycles. The van der Waals surface area contributed by atoms with Crippen LogP contribution in [0.25, 0.3) is 0 Å². The molecular formula is C12H19N3O3. The molecule has 2 N–H and O–H groups in total. The van der Waals surface area contributed by atoms with E-state index in [0.29, 0.717) is 18.3 Å². The molecule has 100 valence electrons. The summed E-state index contributed by atoms with van der Waals surface area (Å²) in [5, 5.41) is 15.5. The fourth-order valence-electron chi connectivity index (χ4n) is 2.20. The van der Waals surface area contributed by atoms with Crippen molar-refractivity contribution in [2.45, 2.75) is 25.9 Å². The zero-order chi connectivity index (χ0) is 13.1. The summed E-state index contributed by atoms with van der Waals surface area (Å²) in [6.45, 7) is 2.94. The predicted octanol–water partition coefficient (Wildman–Crippen LogP) is 0.624. The van der Waals surface area contributed by atoms with Gasteiger partial charge in [0.25, 0.3) is 0 Å². The van der Waals surface area contributed by atoms with E-state index in [9.17, 15) is 9.90 Å². The highest BCUT2D eigenvalue weighted by Crippen LogP contribution is 2.27. The summed E-state index contributed by atoms with van der Waals surface area (Å²) < 4.78 is 4.91. The quantitative estimate of drug-likeness (QED) is 0.804. The molecule has 0 aliphatic heterocycles. The largest absolute Gasteiger partial charge is 0.393 e. The molecule has 0 unspecified atom stereocenters. The van der Waals surface area contributed by atoms with Gasteiger partial charge in [-0.05, 0) is 32.7 Å². The second-order valence-electron chi connectivity index (χ2n) is 5.07. The minimum atomic E-state index is -0.144. The molecule has 1 fully saturated rings. The summed E-state index contributed by atoms with van der Waals surface area (Å²) in [7, 11) is 1.90. The number of rotatable bonds is 5. The van der Waals surface area contributed by atoms with E-state index in [2.05, 4.69) is 10.5 Å². The summed E-state index contributed by atoms with van der Waals surface area (Å²) in [4.78, 5) is 13.6. The average Bonchev–Trinajstić information content (AvgIpc) is 2.61. The standard InChI is InChI=1S/C12H19N3O3/c1-8-3-12(18-14-8)13-11(17)7-15(2)6-9-4-10(16)5-9/h3,9-10,16H,4-7H2,1-2H3,(H,13,17). The van der Waals surface area contributed by atoms with Crippen LogP contribution in [0.2, 0.25) is 0 Å². The molecule has 2 rings (SSSR count). The molecule has 1 heterocycles. The Kier molecular flexibility index (Phi) is 3.98. The first-order valence-corrected chi connectivity index (χ1v) is 6.12. The molecule has 18 heavy (non-hydrogen) atoms. The Morgan fingerprint density at radius 2 is 2.39 bits per heavy atom.